The van der Waals surface area contributed by atoms with Crippen LogP contribution in [0, 0.1) is 5.92 Å². The van der Waals surface area contributed by atoms with Crippen LogP contribution < -0.4 is 11.3 Å². The Kier molecular flexibility index (Phi) is 3.53. The molecule has 2 heterocycles. The average molecular weight is 212 g/mol. The van der Waals surface area contributed by atoms with Crippen LogP contribution in [0.4, 0.5) is 0 Å². The fraction of sp³-hybridized carbons (Fsp3) is 0.600. The number of thiophene rings is 1. The van der Waals surface area contributed by atoms with Crippen molar-refractivity contribution in [3.05, 3.63) is 22.4 Å². The first-order chi connectivity index (χ1) is 6.90. The molecule has 0 saturated carbocycles. The third-order valence-electron chi connectivity index (χ3n) is 2.74. The van der Waals surface area contributed by atoms with Crippen LogP contribution in [0.3, 0.4) is 0 Å². The fourth-order valence-corrected chi connectivity index (χ4v) is 2.59. The van der Waals surface area contributed by atoms with Crippen LogP contribution in [0.15, 0.2) is 16.8 Å². The first-order valence-corrected chi connectivity index (χ1v) is 5.90. The lowest BCUT2D eigenvalue weighted by molar-refractivity contribution is 0.181. The van der Waals surface area contributed by atoms with Crippen molar-refractivity contribution in [1.29, 1.82) is 0 Å². The summed E-state index contributed by atoms with van der Waals surface area (Å²) in [5, 5.41) is 4.24. The molecule has 1 aliphatic heterocycles. The molecule has 3 nitrogen and oxygen atoms in total. The van der Waals surface area contributed by atoms with Crippen molar-refractivity contribution in [3.63, 3.8) is 0 Å². The minimum Gasteiger partial charge on any atom is -0.381 e. The third kappa shape index (κ3) is 2.33. The number of nitrogens with two attached hydrogens (primary N) is 1. The van der Waals surface area contributed by atoms with E-state index in [4.69, 9.17) is 10.6 Å². The molecule has 1 fully saturated rings. The van der Waals surface area contributed by atoms with Gasteiger partial charge in [-0.15, -0.1) is 0 Å². The van der Waals surface area contributed by atoms with Gasteiger partial charge in [0.05, 0.1) is 0 Å². The van der Waals surface area contributed by atoms with E-state index < -0.39 is 0 Å². The van der Waals surface area contributed by atoms with Crippen molar-refractivity contribution in [2.45, 2.75) is 18.9 Å². The minimum absolute atomic E-state index is 0.285. The molecule has 0 radical (unpaired) electrons. The quantitative estimate of drug-likeness (QED) is 0.589. The molecule has 0 aliphatic carbocycles. The van der Waals surface area contributed by atoms with E-state index in [0.717, 1.165) is 19.6 Å². The van der Waals surface area contributed by atoms with Crippen LogP contribution in [0.2, 0.25) is 0 Å². The summed E-state index contributed by atoms with van der Waals surface area (Å²) in [5.41, 5.74) is 4.18. The zero-order chi connectivity index (χ0) is 9.80. The number of hydrogen-bond acceptors (Lipinski definition) is 4. The van der Waals surface area contributed by atoms with Crippen molar-refractivity contribution in [2.75, 3.05) is 13.2 Å². The predicted molar refractivity (Wildman–Crippen MR) is 57.9 cm³/mol. The molecule has 1 aromatic heterocycles. The Balaban J connectivity index is 1.93. The van der Waals surface area contributed by atoms with E-state index in [1.54, 1.807) is 11.3 Å². The number of hydrazine groups is 1. The number of rotatable bonds is 4. The second-order valence-corrected chi connectivity index (χ2v) is 4.52. The Labute approximate surface area is 88.2 Å². The van der Waals surface area contributed by atoms with E-state index in [1.807, 2.05) is 0 Å². The van der Waals surface area contributed by atoms with Gasteiger partial charge in [0.25, 0.3) is 0 Å². The van der Waals surface area contributed by atoms with Crippen molar-refractivity contribution >= 4 is 11.3 Å². The molecule has 78 valence electrons. The lowest BCUT2D eigenvalue weighted by atomic mass is 9.96. The second kappa shape index (κ2) is 4.89. The zero-order valence-electron chi connectivity index (χ0n) is 8.11. The van der Waals surface area contributed by atoms with Gasteiger partial charge in [-0.3, -0.25) is 11.3 Å². The van der Waals surface area contributed by atoms with Crippen LogP contribution in [0.25, 0.3) is 0 Å². The summed E-state index contributed by atoms with van der Waals surface area (Å²) in [6, 6.07) is 2.42. The lowest BCUT2D eigenvalue weighted by Crippen LogP contribution is -2.29. The van der Waals surface area contributed by atoms with Gasteiger partial charge in [0.1, 0.15) is 0 Å². The summed E-state index contributed by atoms with van der Waals surface area (Å²) in [6.45, 7) is 1.80. The second-order valence-electron chi connectivity index (χ2n) is 3.74. The van der Waals surface area contributed by atoms with Gasteiger partial charge in [0.2, 0.25) is 0 Å². The van der Waals surface area contributed by atoms with E-state index in [-0.39, 0.29) is 6.04 Å². The van der Waals surface area contributed by atoms with Gasteiger partial charge in [0.15, 0.2) is 0 Å². The molecule has 2 unspecified atom stereocenters. The van der Waals surface area contributed by atoms with Gasteiger partial charge in [-0.25, -0.2) is 0 Å². The Bertz CT molecular complexity index is 257. The number of nitrogens with one attached hydrogen (secondary N) is 1. The monoisotopic (exact) mass is 212 g/mol. The topological polar surface area (TPSA) is 47.3 Å². The molecule has 0 amide bonds. The lowest BCUT2D eigenvalue weighted by Gasteiger charge is -2.17. The third-order valence-corrected chi connectivity index (χ3v) is 3.44. The zero-order valence-corrected chi connectivity index (χ0v) is 8.93. The summed E-state index contributed by atoms with van der Waals surface area (Å²) in [4.78, 5) is 0. The molecule has 2 atom stereocenters. The van der Waals surface area contributed by atoms with Gasteiger partial charge < -0.3 is 4.74 Å². The van der Waals surface area contributed by atoms with E-state index in [2.05, 4.69) is 22.3 Å². The summed E-state index contributed by atoms with van der Waals surface area (Å²) >= 11 is 1.71. The maximum Gasteiger partial charge on any atom is 0.0495 e. The van der Waals surface area contributed by atoms with E-state index in [0.29, 0.717) is 5.92 Å². The van der Waals surface area contributed by atoms with Crippen molar-refractivity contribution in [3.8, 4) is 0 Å². The predicted octanol–water partition coefficient (Wildman–Crippen LogP) is 1.68. The molecule has 0 aromatic carbocycles. The Morgan fingerprint density at radius 1 is 1.71 bits per heavy atom. The average Bonchev–Trinajstić information content (AvgIpc) is 2.86. The summed E-state index contributed by atoms with van der Waals surface area (Å²) in [5.74, 6) is 6.22. The van der Waals surface area contributed by atoms with Crippen LogP contribution in [-0.2, 0) is 4.74 Å². The molecule has 0 bridgehead atoms. The van der Waals surface area contributed by atoms with Gasteiger partial charge in [0, 0.05) is 19.3 Å². The molecule has 1 aliphatic rings. The molecule has 1 saturated heterocycles. The largest absolute Gasteiger partial charge is 0.381 e. The van der Waals surface area contributed by atoms with Crippen LogP contribution in [-0.4, -0.2) is 13.2 Å². The molecule has 4 heteroatoms. The van der Waals surface area contributed by atoms with E-state index >= 15 is 0 Å². The summed E-state index contributed by atoms with van der Waals surface area (Å²) < 4.78 is 5.35. The first kappa shape index (κ1) is 10.1. The van der Waals surface area contributed by atoms with Crippen molar-refractivity contribution in [1.82, 2.24) is 5.43 Å². The Hall–Kier alpha value is -0.420. The normalized spacial score (nSPS) is 23.9. The van der Waals surface area contributed by atoms with Crippen LogP contribution in [0.1, 0.15) is 24.4 Å². The molecule has 0 spiro atoms. The van der Waals surface area contributed by atoms with Crippen molar-refractivity contribution < 1.29 is 4.74 Å². The molecule has 1 aromatic rings. The minimum atomic E-state index is 0.285. The smallest absolute Gasteiger partial charge is 0.0495 e. The fourth-order valence-electron chi connectivity index (χ4n) is 1.88. The molecule has 2 rings (SSSR count). The Morgan fingerprint density at radius 2 is 2.64 bits per heavy atom. The standard InChI is InChI=1S/C10H16N2OS/c11-12-10(9-2-4-14-7-9)5-8-1-3-13-6-8/h2,4,7-8,10,12H,1,3,5-6,11H2. The number of hydrogen-bond donors (Lipinski definition) is 2. The number of ether oxygens (including phenoxy) is 1. The summed E-state index contributed by atoms with van der Waals surface area (Å²) in [7, 11) is 0. The maximum atomic E-state index is 5.56. The molecule has 3 N–H and O–H groups in total. The first-order valence-electron chi connectivity index (χ1n) is 4.96. The van der Waals surface area contributed by atoms with Crippen LogP contribution in [0.5, 0.6) is 0 Å². The molecule has 14 heavy (non-hydrogen) atoms. The Morgan fingerprint density at radius 3 is 3.21 bits per heavy atom. The molecular formula is C10H16N2OS. The highest BCUT2D eigenvalue weighted by Gasteiger charge is 2.21. The maximum absolute atomic E-state index is 5.56. The highest BCUT2D eigenvalue weighted by atomic mass is 32.1. The SMILES string of the molecule is NNC(CC1CCOC1)c1ccsc1. The van der Waals surface area contributed by atoms with E-state index in [9.17, 15) is 0 Å². The van der Waals surface area contributed by atoms with Gasteiger partial charge in [-0.05, 0) is 41.1 Å². The highest BCUT2D eigenvalue weighted by molar-refractivity contribution is 7.07. The highest BCUT2D eigenvalue weighted by Crippen LogP contribution is 2.26. The van der Waals surface area contributed by atoms with Crippen LogP contribution >= 0.6 is 11.3 Å². The molecular weight excluding hydrogens is 196 g/mol. The summed E-state index contributed by atoms with van der Waals surface area (Å²) in [6.07, 6.45) is 2.25. The van der Waals surface area contributed by atoms with Gasteiger partial charge >= 0.3 is 0 Å². The van der Waals surface area contributed by atoms with Crippen molar-refractivity contribution in [2.24, 2.45) is 11.8 Å². The van der Waals surface area contributed by atoms with E-state index in [1.165, 1.54) is 12.0 Å². The van der Waals surface area contributed by atoms with Gasteiger partial charge in [-0.1, -0.05) is 0 Å². The van der Waals surface area contributed by atoms with Gasteiger partial charge in [-0.2, -0.15) is 11.3 Å².